The Bertz CT molecular complexity index is 444. The highest BCUT2D eigenvalue weighted by molar-refractivity contribution is 7.10. The molecule has 0 bridgehead atoms. The molecule has 1 aromatic heterocycles. The molecule has 1 aliphatic heterocycles. The number of hydrogen-bond donors (Lipinski definition) is 0. The molecule has 0 saturated carbocycles. The molecule has 0 radical (unpaired) electrons. The summed E-state index contributed by atoms with van der Waals surface area (Å²) in [5.41, 5.74) is 0. The van der Waals surface area contributed by atoms with Crippen LogP contribution in [0.2, 0.25) is 0 Å². The minimum Gasteiger partial charge on any atom is -0.340 e. The van der Waals surface area contributed by atoms with E-state index in [0.717, 1.165) is 37.6 Å². The van der Waals surface area contributed by atoms with Crippen molar-refractivity contribution in [2.45, 2.75) is 19.3 Å². The minimum absolute atomic E-state index is 0.107. The summed E-state index contributed by atoms with van der Waals surface area (Å²) in [7, 11) is 0. The lowest BCUT2D eigenvalue weighted by atomic mass is 10.0. The average Bonchev–Trinajstić information content (AvgIpc) is 2.98. The Morgan fingerprint density at radius 1 is 1.47 bits per heavy atom. The van der Waals surface area contributed by atoms with E-state index in [1.54, 1.807) is 11.3 Å². The Hall–Kier alpha value is -1.38. The molecule has 102 valence electrons. The molecule has 0 spiro atoms. The van der Waals surface area contributed by atoms with Crippen molar-refractivity contribution in [1.82, 2.24) is 9.80 Å². The van der Waals surface area contributed by atoms with Crippen LogP contribution in [0, 0.1) is 11.3 Å². The number of hydrogen-bond acceptors (Lipinski definition) is 4. The van der Waals surface area contributed by atoms with Gasteiger partial charge < -0.3 is 9.80 Å². The zero-order chi connectivity index (χ0) is 13.7. The SMILES string of the molecule is CCN1CCN(C(=O)CC(C#N)c2cccs2)CC1. The number of piperazine rings is 1. The second-order valence-corrected chi connectivity index (χ2v) is 5.70. The summed E-state index contributed by atoms with van der Waals surface area (Å²) < 4.78 is 0. The molecule has 4 nitrogen and oxygen atoms in total. The standard InChI is InChI=1S/C14H19N3OS/c1-2-16-5-7-17(8-6-16)14(18)10-12(11-15)13-4-3-9-19-13/h3-4,9,12H,2,5-8,10H2,1H3. The van der Waals surface area contributed by atoms with Crippen LogP contribution in [0.15, 0.2) is 17.5 Å². The van der Waals surface area contributed by atoms with Gasteiger partial charge in [-0.3, -0.25) is 4.79 Å². The number of carbonyl (C=O) groups is 1. The molecule has 1 amide bonds. The Labute approximate surface area is 118 Å². The van der Waals surface area contributed by atoms with Gasteiger partial charge in [0.05, 0.1) is 12.0 Å². The van der Waals surface area contributed by atoms with Gasteiger partial charge in [0.2, 0.25) is 5.91 Å². The zero-order valence-electron chi connectivity index (χ0n) is 11.2. The van der Waals surface area contributed by atoms with E-state index in [2.05, 4.69) is 17.9 Å². The number of carbonyl (C=O) groups excluding carboxylic acids is 1. The van der Waals surface area contributed by atoms with Crippen LogP contribution in [0.25, 0.3) is 0 Å². The highest BCUT2D eigenvalue weighted by Crippen LogP contribution is 2.24. The summed E-state index contributed by atoms with van der Waals surface area (Å²) in [6.07, 6.45) is 0.309. The van der Waals surface area contributed by atoms with Gasteiger partial charge >= 0.3 is 0 Å². The summed E-state index contributed by atoms with van der Waals surface area (Å²) in [5, 5.41) is 11.2. The maximum absolute atomic E-state index is 12.2. The van der Waals surface area contributed by atoms with Crippen LogP contribution in [0.1, 0.15) is 24.1 Å². The lowest BCUT2D eigenvalue weighted by Crippen LogP contribution is -2.48. The van der Waals surface area contributed by atoms with Gasteiger partial charge in [0.15, 0.2) is 0 Å². The van der Waals surface area contributed by atoms with Crippen LogP contribution >= 0.6 is 11.3 Å². The molecule has 0 aromatic carbocycles. The van der Waals surface area contributed by atoms with E-state index in [-0.39, 0.29) is 11.8 Å². The van der Waals surface area contributed by atoms with Crippen molar-refractivity contribution < 1.29 is 4.79 Å². The molecule has 1 aromatic rings. The van der Waals surface area contributed by atoms with Gasteiger partial charge in [-0.05, 0) is 18.0 Å². The van der Waals surface area contributed by atoms with Crippen LogP contribution in [0.4, 0.5) is 0 Å². The molecule has 5 heteroatoms. The maximum Gasteiger partial charge on any atom is 0.224 e. The smallest absolute Gasteiger partial charge is 0.224 e. The quantitative estimate of drug-likeness (QED) is 0.844. The van der Waals surface area contributed by atoms with Crippen molar-refractivity contribution in [3.63, 3.8) is 0 Å². The molecule has 0 N–H and O–H groups in total. The van der Waals surface area contributed by atoms with Crippen LogP contribution < -0.4 is 0 Å². The molecular formula is C14H19N3OS. The first kappa shape index (κ1) is 14.0. The third-order valence-corrected chi connectivity index (χ3v) is 4.58. The largest absolute Gasteiger partial charge is 0.340 e. The second-order valence-electron chi connectivity index (χ2n) is 4.72. The van der Waals surface area contributed by atoms with Gasteiger partial charge in [-0.15, -0.1) is 11.3 Å². The van der Waals surface area contributed by atoms with Crippen molar-refractivity contribution in [3.05, 3.63) is 22.4 Å². The topological polar surface area (TPSA) is 47.3 Å². The summed E-state index contributed by atoms with van der Waals surface area (Å²) in [5.74, 6) is -0.188. The van der Waals surface area contributed by atoms with Gasteiger partial charge in [0.1, 0.15) is 0 Å². The highest BCUT2D eigenvalue weighted by atomic mass is 32.1. The Morgan fingerprint density at radius 3 is 2.74 bits per heavy atom. The lowest BCUT2D eigenvalue weighted by Gasteiger charge is -2.34. The van der Waals surface area contributed by atoms with E-state index in [0.29, 0.717) is 6.42 Å². The van der Waals surface area contributed by atoms with Crippen molar-refractivity contribution in [2.75, 3.05) is 32.7 Å². The van der Waals surface area contributed by atoms with E-state index >= 15 is 0 Å². The first-order chi connectivity index (χ1) is 9.24. The molecule has 1 fully saturated rings. The molecule has 2 rings (SSSR count). The van der Waals surface area contributed by atoms with Crippen LogP contribution in [-0.2, 0) is 4.79 Å². The van der Waals surface area contributed by atoms with Gasteiger partial charge in [0.25, 0.3) is 0 Å². The second kappa shape index (κ2) is 6.69. The van der Waals surface area contributed by atoms with Crippen LogP contribution in [0.3, 0.4) is 0 Å². The highest BCUT2D eigenvalue weighted by Gasteiger charge is 2.24. The normalized spacial score (nSPS) is 18.0. The summed E-state index contributed by atoms with van der Waals surface area (Å²) in [6, 6.07) is 6.10. The number of nitrogens with zero attached hydrogens (tertiary/aromatic N) is 3. The van der Waals surface area contributed by atoms with Gasteiger partial charge in [-0.1, -0.05) is 13.0 Å². The van der Waals surface area contributed by atoms with Gasteiger partial charge in [-0.25, -0.2) is 0 Å². The monoisotopic (exact) mass is 277 g/mol. The fourth-order valence-corrected chi connectivity index (χ4v) is 3.09. The molecule has 2 heterocycles. The molecule has 1 unspecified atom stereocenters. The number of amides is 1. The van der Waals surface area contributed by atoms with E-state index in [1.165, 1.54) is 0 Å². The zero-order valence-corrected chi connectivity index (χ0v) is 12.0. The Balaban J connectivity index is 1.89. The van der Waals surface area contributed by atoms with Crippen molar-refractivity contribution in [1.29, 1.82) is 5.26 Å². The van der Waals surface area contributed by atoms with Gasteiger partial charge in [0, 0.05) is 37.5 Å². The molecule has 1 saturated heterocycles. The van der Waals surface area contributed by atoms with E-state index < -0.39 is 0 Å². The predicted octanol–water partition coefficient (Wildman–Crippen LogP) is 1.91. The van der Waals surface area contributed by atoms with Crippen molar-refractivity contribution in [3.8, 4) is 6.07 Å². The fourth-order valence-electron chi connectivity index (χ4n) is 2.32. The molecule has 0 aliphatic carbocycles. The Kier molecular flexibility index (Phi) is 4.94. The summed E-state index contributed by atoms with van der Waals surface area (Å²) in [4.78, 5) is 17.4. The first-order valence-corrected chi connectivity index (χ1v) is 7.55. The minimum atomic E-state index is -0.295. The summed E-state index contributed by atoms with van der Waals surface area (Å²) >= 11 is 1.55. The lowest BCUT2D eigenvalue weighted by molar-refractivity contribution is -0.133. The third-order valence-electron chi connectivity index (χ3n) is 3.59. The molecular weight excluding hydrogens is 258 g/mol. The van der Waals surface area contributed by atoms with Crippen LogP contribution in [-0.4, -0.2) is 48.4 Å². The molecule has 1 atom stereocenters. The van der Waals surface area contributed by atoms with Crippen LogP contribution in [0.5, 0.6) is 0 Å². The average molecular weight is 277 g/mol. The van der Waals surface area contributed by atoms with Crippen molar-refractivity contribution in [2.24, 2.45) is 0 Å². The molecule has 1 aliphatic rings. The first-order valence-electron chi connectivity index (χ1n) is 6.67. The van der Waals surface area contributed by atoms with Gasteiger partial charge in [-0.2, -0.15) is 5.26 Å². The number of rotatable bonds is 4. The fraction of sp³-hybridized carbons (Fsp3) is 0.571. The van der Waals surface area contributed by atoms with E-state index in [4.69, 9.17) is 0 Å². The van der Waals surface area contributed by atoms with E-state index in [1.807, 2.05) is 22.4 Å². The maximum atomic E-state index is 12.2. The third kappa shape index (κ3) is 3.55. The van der Waals surface area contributed by atoms with Crippen molar-refractivity contribution >= 4 is 17.2 Å². The van der Waals surface area contributed by atoms with E-state index in [9.17, 15) is 10.1 Å². The Morgan fingerprint density at radius 2 is 2.21 bits per heavy atom. The predicted molar refractivity (Wildman–Crippen MR) is 76.0 cm³/mol. The summed E-state index contributed by atoms with van der Waals surface area (Å²) in [6.45, 7) is 6.64. The number of likely N-dealkylation sites (N-methyl/N-ethyl adjacent to an activating group) is 1. The molecule has 19 heavy (non-hydrogen) atoms. The number of nitriles is 1. The number of thiophene rings is 1.